The van der Waals surface area contributed by atoms with Crippen LogP contribution in [0.25, 0.3) is 10.9 Å². The van der Waals surface area contributed by atoms with E-state index in [1.807, 2.05) is 12.3 Å². The highest BCUT2D eigenvalue weighted by Crippen LogP contribution is 2.34. The number of H-pyrrole nitrogens is 1. The number of aromatic nitrogens is 1. The summed E-state index contributed by atoms with van der Waals surface area (Å²) in [7, 11) is 0. The smallest absolute Gasteiger partial charge is 0.108 e. The number of fused-ring (bicyclic) bond motifs is 1. The van der Waals surface area contributed by atoms with Crippen LogP contribution in [0.5, 0.6) is 0 Å². The summed E-state index contributed by atoms with van der Waals surface area (Å²) in [6.45, 7) is 0.877. The van der Waals surface area contributed by atoms with Crippen LogP contribution in [0.1, 0.15) is 11.7 Å². The third-order valence-electron chi connectivity index (χ3n) is 2.30. The van der Waals surface area contributed by atoms with Crippen LogP contribution in [-0.4, -0.2) is 11.6 Å². The van der Waals surface area contributed by atoms with Gasteiger partial charge in [0, 0.05) is 22.7 Å². The highest BCUT2D eigenvalue weighted by Gasteiger charge is 2.27. The molecule has 60 valence electrons. The van der Waals surface area contributed by atoms with Crippen molar-refractivity contribution in [3.05, 3.63) is 36.0 Å². The lowest BCUT2D eigenvalue weighted by Crippen LogP contribution is -1.74. The number of hydrogen-bond donors (Lipinski definition) is 1. The average Bonchev–Trinajstić information content (AvgIpc) is 2.86. The molecule has 2 heteroatoms. The first-order valence-electron chi connectivity index (χ1n) is 4.13. The van der Waals surface area contributed by atoms with Crippen LogP contribution in [0.4, 0.5) is 0 Å². The Labute approximate surface area is 70.2 Å². The zero-order chi connectivity index (χ0) is 7.97. The second kappa shape index (κ2) is 2.11. The van der Waals surface area contributed by atoms with Crippen molar-refractivity contribution in [1.29, 1.82) is 0 Å². The van der Waals surface area contributed by atoms with E-state index in [0.717, 1.165) is 6.61 Å². The van der Waals surface area contributed by atoms with E-state index in [1.165, 1.54) is 16.5 Å². The molecule has 0 saturated carbocycles. The molecule has 12 heavy (non-hydrogen) atoms. The summed E-state index contributed by atoms with van der Waals surface area (Å²) >= 11 is 0. The molecule has 1 saturated heterocycles. The zero-order valence-corrected chi connectivity index (χ0v) is 6.58. The van der Waals surface area contributed by atoms with Crippen LogP contribution in [0.2, 0.25) is 0 Å². The Kier molecular flexibility index (Phi) is 1.10. The Bertz CT molecular complexity index is 414. The minimum Gasteiger partial charge on any atom is -0.368 e. The third kappa shape index (κ3) is 0.786. The maximum absolute atomic E-state index is 5.24. The fourth-order valence-corrected chi connectivity index (χ4v) is 1.59. The van der Waals surface area contributed by atoms with Gasteiger partial charge in [0.15, 0.2) is 0 Å². The largest absolute Gasteiger partial charge is 0.368 e. The standard InChI is InChI=1S/C10H9NO/c1-2-4-9-7(3-1)8(5-11-9)10-6-12-10/h1-5,10-11H,6H2. The van der Waals surface area contributed by atoms with Crippen LogP contribution in [0.3, 0.4) is 0 Å². The molecule has 0 radical (unpaired) electrons. The monoisotopic (exact) mass is 159 g/mol. The topological polar surface area (TPSA) is 28.3 Å². The number of ether oxygens (including phenoxy) is 1. The number of aromatic amines is 1. The normalized spacial score (nSPS) is 21.5. The molecular formula is C10H9NO. The third-order valence-corrected chi connectivity index (χ3v) is 2.30. The van der Waals surface area contributed by atoms with Crippen molar-refractivity contribution < 1.29 is 4.74 Å². The van der Waals surface area contributed by atoms with Gasteiger partial charge >= 0.3 is 0 Å². The Morgan fingerprint density at radius 3 is 3.00 bits per heavy atom. The fourth-order valence-electron chi connectivity index (χ4n) is 1.59. The van der Waals surface area contributed by atoms with Gasteiger partial charge in [0.1, 0.15) is 6.10 Å². The van der Waals surface area contributed by atoms with Crippen molar-refractivity contribution in [3.8, 4) is 0 Å². The number of benzene rings is 1. The molecule has 1 aromatic carbocycles. The molecule has 0 amide bonds. The van der Waals surface area contributed by atoms with Crippen molar-refractivity contribution in [2.45, 2.75) is 6.10 Å². The maximum Gasteiger partial charge on any atom is 0.108 e. The van der Waals surface area contributed by atoms with Crippen molar-refractivity contribution in [2.24, 2.45) is 0 Å². The maximum atomic E-state index is 5.24. The summed E-state index contributed by atoms with van der Waals surface area (Å²) in [6.07, 6.45) is 2.39. The number of rotatable bonds is 1. The molecular weight excluding hydrogens is 150 g/mol. The molecule has 1 fully saturated rings. The molecule has 1 unspecified atom stereocenters. The molecule has 1 atom stereocenters. The van der Waals surface area contributed by atoms with E-state index >= 15 is 0 Å². The van der Waals surface area contributed by atoms with Gasteiger partial charge in [-0.3, -0.25) is 0 Å². The van der Waals surface area contributed by atoms with Crippen LogP contribution in [0.15, 0.2) is 30.5 Å². The van der Waals surface area contributed by atoms with E-state index in [9.17, 15) is 0 Å². The van der Waals surface area contributed by atoms with Gasteiger partial charge in [-0.2, -0.15) is 0 Å². The highest BCUT2D eigenvalue weighted by atomic mass is 16.6. The number of para-hydroxylation sites is 1. The quantitative estimate of drug-likeness (QED) is 0.635. The predicted molar refractivity (Wildman–Crippen MR) is 47.0 cm³/mol. The molecule has 2 heterocycles. The lowest BCUT2D eigenvalue weighted by Gasteiger charge is -1.90. The van der Waals surface area contributed by atoms with Crippen molar-refractivity contribution >= 4 is 10.9 Å². The van der Waals surface area contributed by atoms with Gasteiger partial charge in [-0.1, -0.05) is 18.2 Å². The Hall–Kier alpha value is -1.28. The first-order chi connectivity index (χ1) is 5.95. The van der Waals surface area contributed by atoms with E-state index in [2.05, 4.69) is 23.2 Å². The van der Waals surface area contributed by atoms with Crippen molar-refractivity contribution in [2.75, 3.05) is 6.61 Å². The fraction of sp³-hybridized carbons (Fsp3) is 0.200. The second-order valence-corrected chi connectivity index (χ2v) is 3.11. The van der Waals surface area contributed by atoms with Crippen LogP contribution < -0.4 is 0 Å². The predicted octanol–water partition coefficient (Wildman–Crippen LogP) is 2.24. The molecule has 0 aliphatic carbocycles. The van der Waals surface area contributed by atoms with Crippen LogP contribution in [-0.2, 0) is 4.74 Å². The molecule has 3 rings (SSSR count). The first-order valence-corrected chi connectivity index (χ1v) is 4.13. The van der Waals surface area contributed by atoms with Gasteiger partial charge in [-0.15, -0.1) is 0 Å². The molecule has 1 aliphatic rings. The SMILES string of the molecule is c1ccc2c(C3CO3)c[nH]c2c1. The Morgan fingerprint density at radius 1 is 1.33 bits per heavy atom. The van der Waals surface area contributed by atoms with Gasteiger partial charge in [0.05, 0.1) is 6.61 Å². The van der Waals surface area contributed by atoms with Crippen LogP contribution >= 0.6 is 0 Å². The second-order valence-electron chi connectivity index (χ2n) is 3.11. The minimum absolute atomic E-state index is 0.348. The summed E-state index contributed by atoms with van der Waals surface area (Å²) in [5.74, 6) is 0. The van der Waals surface area contributed by atoms with Gasteiger partial charge in [0.2, 0.25) is 0 Å². The summed E-state index contributed by atoms with van der Waals surface area (Å²) in [6, 6.07) is 8.31. The highest BCUT2D eigenvalue weighted by molar-refractivity contribution is 5.83. The van der Waals surface area contributed by atoms with Crippen molar-refractivity contribution in [3.63, 3.8) is 0 Å². The number of epoxide rings is 1. The van der Waals surface area contributed by atoms with E-state index in [0.29, 0.717) is 6.10 Å². The molecule has 0 spiro atoms. The Balaban J connectivity index is 2.30. The van der Waals surface area contributed by atoms with E-state index < -0.39 is 0 Å². The molecule has 2 aromatic rings. The molecule has 1 aliphatic heterocycles. The lowest BCUT2D eigenvalue weighted by atomic mass is 10.1. The van der Waals surface area contributed by atoms with Gasteiger partial charge in [-0.05, 0) is 6.07 Å². The van der Waals surface area contributed by atoms with E-state index in [4.69, 9.17) is 4.74 Å². The molecule has 2 nitrogen and oxygen atoms in total. The summed E-state index contributed by atoms with van der Waals surface area (Å²) in [5.41, 5.74) is 2.49. The average molecular weight is 159 g/mol. The first kappa shape index (κ1) is 6.26. The van der Waals surface area contributed by atoms with Gasteiger partial charge in [-0.25, -0.2) is 0 Å². The number of hydrogen-bond acceptors (Lipinski definition) is 1. The lowest BCUT2D eigenvalue weighted by molar-refractivity contribution is 0.417. The zero-order valence-electron chi connectivity index (χ0n) is 6.58. The summed E-state index contributed by atoms with van der Waals surface area (Å²) in [5, 5.41) is 1.29. The minimum atomic E-state index is 0.348. The molecule has 0 bridgehead atoms. The van der Waals surface area contributed by atoms with E-state index in [1.54, 1.807) is 0 Å². The summed E-state index contributed by atoms with van der Waals surface area (Å²) in [4.78, 5) is 3.23. The van der Waals surface area contributed by atoms with Crippen LogP contribution in [0, 0.1) is 0 Å². The van der Waals surface area contributed by atoms with Crippen molar-refractivity contribution in [1.82, 2.24) is 4.98 Å². The molecule has 1 N–H and O–H groups in total. The number of nitrogens with one attached hydrogen (secondary N) is 1. The van der Waals surface area contributed by atoms with Gasteiger partial charge < -0.3 is 9.72 Å². The molecule has 1 aromatic heterocycles. The van der Waals surface area contributed by atoms with E-state index in [-0.39, 0.29) is 0 Å². The van der Waals surface area contributed by atoms with Gasteiger partial charge in [0.25, 0.3) is 0 Å². The summed E-state index contributed by atoms with van der Waals surface area (Å²) < 4.78 is 5.24. The Morgan fingerprint density at radius 2 is 2.17 bits per heavy atom.